The van der Waals surface area contributed by atoms with Crippen molar-refractivity contribution in [2.45, 2.75) is 58.4 Å². The Hall–Kier alpha value is -3.15. The maximum Gasteiger partial charge on any atom is 0.404 e. The lowest BCUT2D eigenvalue weighted by atomic mass is 9.98. The van der Waals surface area contributed by atoms with Crippen molar-refractivity contribution < 1.29 is 9.90 Å². The minimum atomic E-state index is -0.961. The summed E-state index contributed by atoms with van der Waals surface area (Å²) in [4.78, 5) is 9.49. The SMILES string of the molecule is CC(C)c1ccc(-c2ccc(-c3cnnn3C3CCCC3)cc2)cc1.CCNC(=O)O. The van der Waals surface area contributed by atoms with Gasteiger partial charge < -0.3 is 10.4 Å². The monoisotopic (exact) mass is 420 g/mol. The van der Waals surface area contributed by atoms with Crippen LogP contribution in [0.4, 0.5) is 4.79 Å². The van der Waals surface area contributed by atoms with Gasteiger partial charge in [0.15, 0.2) is 0 Å². The maximum absolute atomic E-state index is 9.49. The number of hydrogen-bond acceptors (Lipinski definition) is 3. The van der Waals surface area contributed by atoms with Gasteiger partial charge in [0.05, 0.1) is 17.9 Å². The van der Waals surface area contributed by atoms with E-state index >= 15 is 0 Å². The molecule has 0 aliphatic heterocycles. The van der Waals surface area contributed by atoms with Crippen molar-refractivity contribution in [2.24, 2.45) is 0 Å². The molecule has 0 bridgehead atoms. The van der Waals surface area contributed by atoms with Gasteiger partial charge in [-0.25, -0.2) is 9.48 Å². The number of nitrogens with one attached hydrogen (secondary N) is 1. The molecule has 1 fully saturated rings. The first-order valence-corrected chi connectivity index (χ1v) is 11.1. The van der Waals surface area contributed by atoms with E-state index in [2.05, 4.69) is 82.7 Å². The van der Waals surface area contributed by atoms with Crippen LogP contribution in [-0.2, 0) is 0 Å². The molecule has 0 radical (unpaired) electrons. The molecule has 2 N–H and O–H groups in total. The molecule has 2 aromatic carbocycles. The van der Waals surface area contributed by atoms with Gasteiger partial charge in [-0.05, 0) is 42.4 Å². The Morgan fingerprint density at radius 1 is 1.03 bits per heavy atom. The van der Waals surface area contributed by atoms with Crippen LogP contribution in [0.1, 0.15) is 64.0 Å². The van der Waals surface area contributed by atoms with E-state index in [1.54, 1.807) is 6.92 Å². The normalized spacial score (nSPS) is 13.7. The Bertz CT molecular complexity index is 956. The van der Waals surface area contributed by atoms with Gasteiger partial charge in [0.1, 0.15) is 0 Å². The fraction of sp³-hybridized carbons (Fsp3) is 0.400. The predicted octanol–water partition coefficient (Wildman–Crippen LogP) is 6.12. The van der Waals surface area contributed by atoms with E-state index in [1.165, 1.54) is 47.9 Å². The second kappa shape index (κ2) is 10.8. The van der Waals surface area contributed by atoms with E-state index in [-0.39, 0.29) is 0 Å². The molecular formula is C25H32N4O2. The topological polar surface area (TPSA) is 80.0 Å². The quantitative estimate of drug-likeness (QED) is 0.521. The zero-order valence-corrected chi connectivity index (χ0v) is 18.6. The molecule has 3 aromatic rings. The van der Waals surface area contributed by atoms with E-state index in [4.69, 9.17) is 5.11 Å². The average molecular weight is 421 g/mol. The number of amides is 1. The first-order chi connectivity index (χ1) is 15.0. The minimum Gasteiger partial charge on any atom is -0.465 e. The number of carboxylic acid groups (broad SMARTS) is 1. The van der Waals surface area contributed by atoms with Crippen molar-refractivity contribution in [1.82, 2.24) is 20.3 Å². The van der Waals surface area contributed by atoms with Gasteiger partial charge in [-0.1, -0.05) is 80.4 Å². The van der Waals surface area contributed by atoms with E-state index in [1.807, 2.05) is 6.20 Å². The Balaban J connectivity index is 0.000000401. The van der Waals surface area contributed by atoms with E-state index in [0.29, 0.717) is 18.5 Å². The molecule has 6 nitrogen and oxygen atoms in total. The molecule has 6 heteroatoms. The average Bonchev–Trinajstić information content (AvgIpc) is 3.46. The highest BCUT2D eigenvalue weighted by atomic mass is 16.4. The summed E-state index contributed by atoms with van der Waals surface area (Å²) < 4.78 is 2.12. The van der Waals surface area contributed by atoms with Gasteiger partial charge in [0.2, 0.25) is 0 Å². The van der Waals surface area contributed by atoms with Crippen molar-refractivity contribution >= 4 is 6.09 Å². The zero-order chi connectivity index (χ0) is 22.2. The Morgan fingerprint density at radius 2 is 1.58 bits per heavy atom. The van der Waals surface area contributed by atoms with Crippen LogP contribution in [0, 0.1) is 0 Å². The van der Waals surface area contributed by atoms with E-state index in [0.717, 1.165) is 5.69 Å². The molecule has 0 spiro atoms. The molecule has 1 aliphatic rings. The van der Waals surface area contributed by atoms with Crippen LogP contribution in [0.2, 0.25) is 0 Å². The molecule has 0 unspecified atom stereocenters. The molecule has 1 amide bonds. The van der Waals surface area contributed by atoms with E-state index < -0.39 is 6.09 Å². The Kier molecular flexibility index (Phi) is 7.82. The standard InChI is InChI=1S/C22H25N3.C3H7NO2/c1-16(2)17-7-9-18(10-8-17)19-11-13-20(14-12-19)22-15-23-24-25(22)21-5-3-4-6-21;1-2-4-3(5)6/h7-16,21H,3-6H2,1-2H3;4H,2H2,1H3,(H,5,6). The van der Waals surface area contributed by atoms with Crippen LogP contribution in [0.15, 0.2) is 54.7 Å². The molecule has 0 atom stereocenters. The van der Waals surface area contributed by atoms with Gasteiger partial charge in [0, 0.05) is 12.1 Å². The Labute approximate surface area is 184 Å². The van der Waals surface area contributed by atoms with Crippen LogP contribution in [-0.4, -0.2) is 32.7 Å². The van der Waals surface area contributed by atoms with Crippen molar-refractivity contribution in [3.05, 3.63) is 60.3 Å². The summed E-state index contributed by atoms with van der Waals surface area (Å²) in [7, 11) is 0. The number of nitrogens with zero attached hydrogens (tertiary/aromatic N) is 3. The summed E-state index contributed by atoms with van der Waals surface area (Å²) >= 11 is 0. The molecule has 164 valence electrons. The highest BCUT2D eigenvalue weighted by molar-refractivity contribution is 5.69. The summed E-state index contributed by atoms with van der Waals surface area (Å²) in [5.74, 6) is 0.569. The van der Waals surface area contributed by atoms with Crippen molar-refractivity contribution in [1.29, 1.82) is 0 Å². The number of hydrogen-bond donors (Lipinski definition) is 2. The molecule has 1 aromatic heterocycles. The summed E-state index contributed by atoms with van der Waals surface area (Å²) in [6.45, 7) is 6.67. The van der Waals surface area contributed by atoms with Crippen LogP contribution >= 0.6 is 0 Å². The largest absolute Gasteiger partial charge is 0.465 e. The lowest BCUT2D eigenvalue weighted by Gasteiger charge is -2.13. The second-order valence-electron chi connectivity index (χ2n) is 8.19. The number of carbonyl (C=O) groups is 1. The van der Waals surface area contributed by atoms with Crippen LogP contribution in [0.5, 0.6) is 0 Å². The summed E-state index contributed by atoms with van der Waals surface area (Å²) in [6.07, 6.45) is 5.97. The van der Waals surface area contributed by atoms with Crippen LogP contribution < -0.4 is 5.32 Å². The number of rotatable bonds is 5. The third kappa shape index (κ3) is 5.94. The molecule has 0 saturated heterocycles. The number of aromatic nitrogens is 3. The van der Waals surface area contributed by atoms with Gasteiger partial charge in [0.25, 0.3) is 0 Å². The van der Waals surface area contributed by atoms with Crippen molar-refractivity contribution in [3.8, 4) is 22.4 Å². The van der Waals surface area contributed by atoms with Gasteiger partial charge in [-0.2, -0.15) is 0 Å². The van der Waals surface area contributed by atoms with E-state index in [9.17, 15) is 4.79 Å². The summed E-state index contributed by atoms with van der Waals surface area (Å²) in [5, 5.41) is 18.4. The molecule has 31 heavy (non-hydrogen) atoms. The first kappa shape index (κ1) is 22.5. The van der Waals surface area contributed by atoms with Crippen molar-refractivity contribution in [3.63, 3.8) is 0 Å². The molecule has 1 aliphatic carbocycles. The lowest BCUT2D eigenvalue weighted by Crippen LogP contribution is -2.19. The first-order valence-electron chi connectivity index (χ1n) is 11.1. The Morgan fingerprint density at radius 3 is 2.06 bits per heavy atom. The molecule has 4 rings (SSSR count). The maximum atomic E-state index is 9.49. The van der Waals surface area contributed by atoms with Crippen molar-refractivity contribution in [2.75, 3.05) is 6.54 Å². The third-order valence-corrected chi connectivity index (χ3v) is 5.66. The highest BCUT2D eigenvalue weighted by Crippen LogP contribution is 2.33. The van der Waals surface area contributed by atoms with Crippen LogP contribution in [0.3, 0.4) is 0 Å². The predicted molar refractivity (Wildman–Crippen MR) is 124 cm³/mol. The fourth-order valence-corrected chi connectivity index (χ4v) is 3.91. The summed E-state index contributed by atoms with van der Waals surface area (Å²) in [6, 6.07) is 18.2. The number of benzene rings is 2. The van der Waals surface area contributed by atoms with Crippen LogP contribution in [0.25, 0.3) is 22.4 Å². The van der Waals surface area contributed by atoms with Gasteiger partial charge in [-0.3, -0.25) is 0 Å². The minimum absolute atomic E-state index is 0.481. The smallest absolute Gasteiger partial charge is 0.404 e. The molecular weight excluding hydrogens is 388 g/mol. The zero-order valence-electron chi connectivity index (χ0n) is 18.6. The molecule has 1 saturated carbocycles. The highest BCUT2D eigenvalue weighted by Gasteiger charge is 2.21. The van der Waals surface area contributed by atoms with Gasteiger partial charge >= 0.3 is 6.09 Å². The lowest BCUT2D eigenvalue weighted by molar-refractivity contribution is 0.195. The molecule has 1 heterocycles. The van der Waals surface area contributed by atoms with Gasteiger partial charge in [-0.15, -0.1) is 5.10 Å². The summed E-state index contributed by atoms with van der Waals surface area (Å²) in [5.41, 5.74) is 6.22. The fourth-order valence-electron chi connectivity index (χ4n) is 3.91. The second-order valence-corrected chi connectivity index (χ2v) is 8.19. The third-order valence-electron chi connectivity index (χ3n) is 5.66.